The Balaban J connectivity index is 1.70. The predicted molar refractivity (Wildman–Crippen MR) is 118 cm³/mol. The number of ether oxygens (including phenoxy) is 1. The van der Waals surface area contributed by atoms with E-state index in [0.29, 0.717) is 24.7 Å². The summed E-state index contributed by atoms with van der Waals surface area (Å²) in [5.41, 5.74) is 2.64. The van der Waals surface area contributed by atoms with E-state index in [1.54, 1.807) is 24.5 Å². The topological polar surface area (TPSA) is 73.1 Å². The molecule has 0 N–H and O–H groups in total. The van der Waals surface area contributed by atoms with E-state index < -0.39 is 0 Å². The lowest BCUT2D eigenvalue weighted by molar-refractivity contribution is 0.280. The average molecular weight is 408 g/mol. The Hall–Kier alpha value is -3.06. The molecule has 0 saturated carbocycles. The second-order valence-electron chi connectivity index (χ2n) is 7.86. The van der Waals surface area contributed by atoms with Gasteiger partial charge in [0.15, 0.2) is 11.6 Å². The molecule has 0 spiro atoms. The van der Waals surface area contributed by atoms with Crippen molar-refractivity contribution in [3.8, 4) is 17.1 Å². The summed E-state index contributed by atoms with van der Waals surface area (Å²) >= 11 is 0. The molecule has 0 saturated heterocycles. The summed E-state index contributed by atoms with van der Waals surface area (Å²) in [5.74, 6) is 1.55. The number of benzene rings is 1. The van der Waals surface area contributed by atoms with Crippen LogP contribution in [0, 0.1) is 0 Å². The van der Waals surface area contributed by atoms with Crippen molar-refractivity contribution >= 4 is 0 Å². The van der Waals surface area contributed by atoms with Gasteiger partial charge in [0.05, 0.1) is 31.2 Å². The van der Waals surface area contributed by atoms with Crippen molar-refractivity contribution in [2.24, 2.45) is 0 Å². The molecule has 3 aromatic rings. The van der Waals surface area contributed by atoms with Crippen molar-refractivity contribution in [2.75, 3.05) is 27.2 Å². The fourth-order valence-electron chi connectivity index (χ4n) is 2.98. The molecular weight excluding hydrogens is 378 g/mol. The van der Waals surface area contributed by atoms with Crippen molar-refractivity contribution in [3.05, 3.63) is 70.4 Å². The van der Waals surface area contributed by atoms with Crippen LogP contribution < -0.4 is 10.3 Å². The Bertz CT molecular complexity index is 1010. The summed E-state index contributed by atoms with van der Waals surface area (Å²) in [7, 11) is 4.08. The van der Waals surface area contributed by atoms with Crippen molar-refractivity contribution in [2.45, 2.75) is 32.7 Å². The van der Waals surface area contributed by atoms with Crippen molar-refractivity contribution < 1.29 is 4.74 Å². The highest BCUT2D eigenvalue weighted by atomic mass is 16.5. The molecule has 2 aromatic heterocycles. The monoisotopic (exact) mass is 407 g/mol. The van der Waals surface area contributed by atoms with E-state index in [0.717, 1.165) is 29.8 Å². The molecule has 0 unspecified atom stereocenters. The SMILES string of the molecule is CC(C)c1ccc(=O)n(Cc2cccc(-c3ncc(OCCCN(C)C)cn3)c2)n1. The molecular formula is C23H29N5O2. The fraction of sp³-hybridized carbons (Fsp3) is 0.391. The first-order valence-electron chi connectivity index (χ1n) is 10.2. The minimum absolute atomic E-state index is 0.114. The van der Waals surface area contributed by atoms with Crippen LogP contribution in [0.4, 0.5) is 0 Å². The van der Waals surface area contributed by atoms with Crippen LogP contribution >= 0.6 is 0 Å². The van der Waals surface area contributed by atoms with Gasteiger partial charge in [0.1, 0.15) is 0 Å². The molecule has 0 aliphatic carbocycles. The molecule has 0 bridgehead atoms. The fourth-order valence-corrected chi connectivity index (χ4v) is 2.98. The largest absolute Gasteiger partial charge is 0.490 e. The van der Waals surface area contributed by atoms with Crippen molar-refractivity contribution in [1.82, 2.24) is 24.6 Å². The van der Waals surface area contributed by atoms with Crippen LogP contribution in [0.25, 0.3) is 11.4 Å². The van der Waals surface area contributed by atoms with Gasteiger partial charge in [-0.2, -0.15) is 5.10 Å². The van der Waals surface area contributed by atoms with Gasteiger partial charge in [0.25, 0.3) is 5.56 Å². The maximum atomic E-state index is 12.2. The first-order chi connectivity index (χ1) is 14.4. The van der Waals surface area contributed by atoms with Crippen molar-refractivity contribution in [3.63, 3.8) is 0 Å². The summed E-state index contributed by atoms with van der Waals surface area (Å²) in [4.78, 5) is 23.2. The van der Waals surface area contributed by atoms with Crippen LogP contribution in [0.15, 0.2) is 53.6 Å². The van der Waals surface area contributed by atoms with Gasteiger partial charge in [-0.15, -0.1) is 0 Å². The van der Waals surface area contributed by atoms with Crippen LogP contribution in [0.2, 0.25) is 0 Å². The number of nitrogens with zero attached hydrogens (tertiary/aromatic N) is 5. The molecule has 30 heavy (non-hydrogen) atoms. The predicted octanol–water partition coefficient (Wildman–Crippen LogP) is 3.20. The van der Waals surface area contributed by atoms with Crippen LogP contribution in [-0.4, -0.2) is 51.9 Å². The molecule has 0 radical (unpaired) electrons. The van der Waals surface area contributed by atoms with E-state index in [4.69, 9.17) is 4.74 Å². The highest BCUT2D eigenvalue weighted by Crippen LogP contribution is 2.18. The molecule has 0 fully saturated rings. The number of aromatic nitrogens is 4. The number of hydrogen-bond acceptors (Lipinski definition) is 6. The van der Waals surface area contributed by atoms with E-state index in [2.05, 4.69) is 33.8 Å². The molecule has 0 aliphatic rings. The zero-order chi connectivity index (χ0) is 21.5. The minimum Gasteiger partial charge on any atom is -0.490 e. The van der Waals surface area contributed by atoms with Gasteiger partial charge < -0.3 is 9.64 Å². The average Bonchev–Trinajstić information content (AvgIpc) is 2.73. The second kappa shape index (κ2) is 10.1. The summed E-state index contributed by atoms with van der Waals surface area (Å²) in [6.07, 6.45) is 4.34. The molecule has 158 valence electrons. The van der Waals surface area contributed by atoms with Gasteiger partial charge in [-0.3, -0.25) is 4.79 Å². The van der Waals surface area contributed by atoms with Gasteiger partial charge in [-0.05, 0) is 44.1 Å². The second-order valence-corrected chi connectivity index (χ2v) is 7.86. The van der Waals surface area contributed by atoms with E-state index in [9.17, 15) is 4.79 Å². The smallest absolute Gasteiger partial charge is 0.267 e. The quantitative estimate of drug-likeness (QED) is 0.507. The molecule has 3 rings (SSSR count). The molecule has 0 aliphatic heterocycles. The highest BCUT2D eigenvalue weighted by molar-refractivity contribution is 5.56. The van der Waals surface area contributed by atoms with Gasteiger partial charge >= 0.3 is 0 Å². The minimum atomic E-state index is -0.114. The van der Waals surface area contributed by atoms with E-state index in [1.165, 1.54) is 4.68 Å². The Morgan fingerprint density at radius 2 is 1.87 bits per heavy atom. The Morgan fingerprint density at radius 3 is 2.57 bits per heavy atom. The van der Waals surface area contributed by atoms with Gasteiger partial charge in [-0.25, -0.2) is 14.6 Å². The van der Waals surface area contributed by atoms with E-state index >= 15 is 0 Å². The van der Waals surface area contributed by atoms with Crippen molar-refractivity contribution in [1.29, 1.82) is 0 Å². The van der Waals surface area contributed by atoms with Crippen LogP contribution in [0.5, 0.6) is 5.75 Å². The van der Waals surface area contributed by atoms with Gasteiger partial charge in [0.2, 0.25) is 0 Å². The Labute approximate surface area is 177 Å². The zero-order valence-corrected chi connectivity index (χ0v) is 18.1. The molecule has 0 amide bonds. The standard InChI is InChI=1S/C23H29N5O2/c1-17(2)21-9-10-22(29)28(26-21)16-18-7-5-8-19(13-18)23-24-14-20(15-25-23)30-12-6-11-27(3)4/h5,7-10,13-15,17H,6,11-12,16H2,1-4H3. The molecule has 2 heterocycles. The third kappa shape index (κ3) is 5.97. The summed E-state index contributed by atoms with van der Waals surface area (Å²) in [6.45, 7) is 6.13. The number of hydrogen-bond donors (Lipinski definition) is 0. The first kappa shape index (κ1) is 21.6. The maximum Gasteiger partial charge on any atom is 0.267 e. The zero-order valence-electron chi connectivity index (χ0n) is 18.1. The third-order valence-electron chi connectivity index (χ3n) is 4.64. The Morgan fingerprint density at radius 1 is 1.10 bits per heavy atom. The lowest BCUT2D eigenvalue weighted by Gasteiger charge is -2.11. The van der Waals surface area contributed by atoms with Gasteiger partial charge in [-0.1, -0.05) is 32.0 Å². The lowest BCUT2D eigenvalue weighted by atomic mass is 10.1. The summed E-state index contributed by atoms with van der Waals surface area (Å²) in [6, 6.07) is 11.2. The van der Waals surface area contributed by atoms with E-state index in [-0.39, 0.29) is 11.5 Å². The first-order valence-corrected chi connectivity index (χ1v) is 10.2. The molecule has 7 nitrogen and oxygen atoms in total. The van der Waals surface area contributed by atoms with Gasteiger partial charge in [0, 0.05) is 18.2 Å². The van der Waals surface area contributed by atoms with E-state index in [1.807, 2.05) is 38.4 Å². The lowest BCUT2D eigenvalue weighted by Crippen LogP contribution is -2.24. The highest BCUT2D eigenvalue weighted by Gasteiger charge is 2.08. The summed E-state index contributed by atoms with van der Waals surface area (Å²) in [5, 5.41) is 4.48. The molecule has 0 atom stereocenters. The Kier molecular flexibility index (Phi) is 7.30. The number of rotatable bonds is 9. The normalized spacial score (nSPS) is 11.3. The molecule has 7 heteroatoms. The third-order valence-corrected chi connectivity index (χ3v) is 4.64. The summed E-state index contributed by atoms with van der Waals surface area (Å²) < 4.78 is 7.20. The van der Waals surface area contributed by atoms with Crippen LogP contribution in [0.3, 0.4) is 0 Å². The van der Waals surface area contributed by atoms with Crippen LogP contribution in [-0.2, 0) is 6.54 Å². The molecule has 1 aromatic carbocycles. The van der Waals surface area contributed by atoms with Crippen LogP contribution in [0.1, 0.15) is 37.4 Å². The maximum absolute atomic E-state index is 12.2.